The molecule has 24 heavy (non-hydrogen) atoms. The van der Waals surface area contributed by atoms with Crippen LogP contribution in [0.2, 0.25) is 0 Å². The van der Waals surface area contributed by atoms with Gasteiger partial charge in [-0.3, -0.25) is 4.99 Å². The normalized spacial score (nSPS) is 17.0. The smallest absolute Gasteiger partial charge is 0.191 e. The molecular formula is C17H35N3O3S. The standard InChI is InChI=1S/C17H35N3O3S/c1-3-18-17(20-12-13-23-14-15-24(2,21)22)19-11-7-10-16-8-5-4-6-9-16/h16H,3-15H2,1-2H3,(H2,18,19,20). The number of nitrogens with one attached hydrogen (secondary N) is 2. The summed E-state index contributed by atoms with van der Waals surface area (Å²) in [6.45, 7) is 5.06. The van der Waals surface area contributed by atoms with Gasteiger partial charge in [0.15, 0.2) is 5.96 Å². The Morgan fingerprint density at radius 1 is 1.17 bits per heavy atom. The summed E-state index contributed by atoms with van der Waals surface area (Å²) >= 11 is 0. The molecule has 1 saturated carbocycles. The first-order valence-electron chi connectivity index (χ1n) is 9.29. The van der Waals surface area contributed by atoms with Gasteiger partial charge in [0.25, 0.3) is 0 Å². The van der Waals surface area contributed by atoms with Crippen LogP contribution >= 0.6 is 0 Å². The Balaban J connectivity index is 2.12. The van der Waals surface area contributed by atoms with E-state index in [1.54, 1.807) is 0 Å². The summed E-state index contributed by atoms with van der Waals surface area (Å²) in [4.78, 5) is 4.60. The van der Waals surface area contributed by atoms with Crippen LogP contribution in [0, 0.1) is 5.92 Å². The Hall–Kier alpha value is -0.820. The molecule has 0 aromatic rings. The summed E-state index contributed by atoms with van der Waals surface area (Å²) in [5.41, 5.74) is 0. The summed E-state index contributed by atoms with van der Waals surface area (Å²) in [5.74, 6) is 1.79. The summed E-state index contributed by atoms with van der Waals surface area (Å²) < 4.78 is 27.3. The molecule has 1 aliphatic carbocycles. The molecule has 1 fully saturated rings. The maximum absolute atomic E-state index is 11.0. The lowest BCUT2D eigenvalue weighted by molar-refractivity contribution is 0.154. The van der Waals surface area contributed by atoms with Crippen LogP contribution < -0.4 is 10.6 Å². The zero-order valence-electron chi connectivity index (χ0n) is 15.3. The van der Waals surface area contributed by atoms with E-state index in [2.05, 4.69) is 15.6 Å². The van der Waals surface area contributed by atoms with Gasteiger partial charge in [-0.05, 0) is 25.7 Å². The van der Waals surface area contributed by atoms with Crippen LogP contribution in [0.1, 0.15) is 51.9 Å². The van der Waals surface area contributed by atoms with Crippen molar-refractivity contribution in [2.24, 2.45) is 10.9 Å². The third kappa shape index (κ3) is 11.7. The average Bonchev–Trinajstić information content (AvgIpc) is 2.54. The zero-order valence-corrected chi connectivity index (χ0v) is 16.2. The number of ether oxygens (including phenoxy) is 1. The van der Waals surface area contributed by atoms with E-state index in [0.717, 1.165) is 31.4 Å². The summed E-state index contributed by atoms with van der Waals surface area (Å²) in [6, 6.07) is 0. The fraction of sp³-hybridized carbons (Fsp3) is 0.941. The van der Waals surface area contributed by atoms with Crippen LogP contribution in [0.4, 0.5) is 0 Å². The molecule has 1 aliphatic rings. The number of nitrogens with zero attached hydrogens (tertiary/aromatic N) is 1. The first kappa shape index (κ1) is 21.2. The molecule has 0 aliphatic heterocycles. The van der Waals surface area contributed by atoms with Gasteiger partial charge in [0.05, 0.1) is 19.0 Å². The van der Waals surface area contributed by atoms with Gasteiger partial charge in [0.1, 0.15) is 9.84 Å². The van der Waals surface area contributed by atoms with Gasteiger partial charge in [-0.2, -0.15) is 0 Å². The van der Waals surface area contributed by atoms with Gasteiger partial charge in [-0.25, -0.2) is 8.42 Å². The minimum atomic E-state index is -2.94. The van der Waals surface area contributed by atoms with E-state index in [4.69, 9.17) is 4.74 Å². The van der Waals surface area contributed by atoms with E-state index in [1.807, 2.05) is 6.92 Å². The predicted octanol–water partition coefficient (Wildman–Crippen LogP) is 1.96. The maximum Gasteiger partial charge on any atom is 0.191 e. The first-order valence-corrected chi connectivity index (χ1v) is 11.3. The molecule has 0 unspecified atom stereocenters. The fourth-order valence-corrected chi connectivity index (χ4v) is 3.36. The molecule has 0 saturated heterocycles. The SMILES string of the molecule is CCNC(=NCCCC1CCCCC1)NCCOCCS(C)(=O)=O. The molecule has 0 bridgehead atoms. The Labute approximate surface area is 147 Å². The van der Waals surface area contributed by atoms with Crippen LogP contribution in [0.3, 0.4) is 0 Å². The van der Waals surface area contributed by atoms with Gasteiger partial charge in [-0.15, -0.1) is 0 Å². The Morgan fingerprint density at radius 3 is 2.58 bits per heavy atom. The fourth-order valence-electron chi connectivity index (χ4n) is 2.94. The third-order valence-corrected chi connectivity index (χ3v) is 5.15. The van der Waals surface area contributed by atoms with E-state index < -0.39 is 9.84 Å². The van der Waals surface area contributed by atoms with E-state index in [1.165, 1.54) is 44.8 Å². The van der Waals surface area contributed by atoms with E-state index in [0.29, 0.717) is 13.2 Å². The molecule has 0 aromatic heterocycles. The first-order chi connectivity index (χ1) is 11.5. The molecule has 6 nitrogen and oxygen atoms in total. The second-order valence-electron chi connectivity index (χ2n) is 6.58. The monoisotopic (exact) mass is 361 g/mol. The number of hydrogen-bond donors (Lipinski definition) is 2. The number of sulfone groups is 1. The molecule has 0 radical (unpaired) electrons. The molecule has 0 aromatic carbocycles. The van der Waals surface area contributed by atoms with Gasteiger partial charge in [-0.1, -0.05) is 32.1 Å². The molecule has 7 heteroatoms. The van der Waals surface area contributed by atoms with Crippen molar-refractivity contribution in [1.29, 1.82) is 0 Å². The number of aliphatic imine (C=N–C) groups is 1. The van der Waals surface area contributed by atoms with E-state index in [9.17, 15) is 8.42 Å². The van der Waals surface area contributed by atoms with Gasteiger partial charge < -0.3 is 15.4 Å². The number of guanidine groups is 1. The molecule has 0 amide bonds. The highest BCUT2D eigenvalue weighted by atomic mass is 32.2. The highest BCUT2D eigenvalue weighted by Crippen LogP contribution is 2.27. The average molecular weight is 362 g/mol. The molecule has 0 spiro atoms. The third-order valence-electron chi connectivity index (χ3n) is 4.25. The van der Waals surface area contributed by atoms with Crippen molar-refractivity contribution in [3.05, 3.63) is 0 Å². The largest absolute Gasteiger partial charge is 0.379 e. The van der Waals surface area contributed by atoms with Gasteiger partial charge in [0, 0.05) is 25.9 Å². The topological polar surface area (TPSA) is 79.8 Å². The lowest BCUT2D eigenvalue weighted by atomic mass is 9.86. The highest BCUT2D eigenvalue weighted by Gasteiger charge is 2.12. The lowest BCUT2D eigenvalue weighted by Gasteiger charge is -2.20. The van der Waals surface area contributed by atoms with Crippen LogP contribution in [0.15, 0.2) is 4.99 Å². The number of hydrogen-bond acceptors (Lipinski definition) is 4. The molecule has 1 rings (SSSR count). The van der Waals surface area contributed by atoms with Gasteiger partial charge >= 0.3 is 0 Å². The summed E-state index contributed by atoms with van der Waals surface area (Å²) in [5, 5.41) is 6.44. The quantitative estimate of drug-likeness (QED) is 0.334. The molecule has 0 heterocycles. The van der Waals surface area contributed by atoms with E-state index >= 15 is 0 Å². The Morgan fingerprint density at radius 2 is 1.92 bits per heavy atom. The summed E-state index contributed by atoms with van der Waals surface area (Å²) in [7, 11) is -2.94. The van der Waals surface area contributed by atoms with Crippen molar-refractivity contribution < 1.29 is 13.2 Å². The lowest BCUT2D eigenvalue weighted by Crippen LogP contribution is -2.39. The number of rotatable bonds is 11. The van der Waals surface area contributed by atoms with Crippen LogP contribution in [-0.4, -0.2) is 59.2 Å². The highest BCUT2D eigenvalue weighted by molar-refractivity contribution is 7.90. The molecule has 142 valence electrons. The van der Waals surface area contributed by atoms with Crippen molar-refractivity contribution in [2.75, 3.05) is 44.9 Å². The van der Waals surface area contributed by atoms with Crippen LogP contribution in [0.25, 0.3) is 0 Å². The minimum Gasteiger partial charge on any atom is -0.379 e. The second-order valence-corrected chi connectivity index (χ2v) is 8.84. The maximum atomic E-state index is 11.0. The Kier molecular flexibility index (Phi) is 11.1. The summed E-state index contributed by atoms with van der Waals surface area (Å²) in [6.07, 6.45) is 10.7. The van der Waals surface area contributed by atoms with Crippen molar-refractivity contribution in [3.8, 4) is 0 Å². The van der Waals surface area contributed by atoms with Crippen molar-refractivity contribution >= 4 is 15.8 Å². The minimum absolute atomic E-state index is 0.0717. The molecule has 2 N–H and O–H groups in total. The molecule has 0 atom stereocenters. The van der Waals surface area contributed by atoms with Crippen LogP contribution in [-0.2, 0) is 14.6 Å². The van der Waals surface area contributed by atoms with Crippen molar-refractivity contribution in [1.82, 2.24) is 10.6 Å². The second kappa shape index (κ2) is 12.5. The zero-order chi connectivity index (χ0) is 17.7. The van der Waals surface area contributed by atoms with Crippen molar-refractivity contribution in [3.63, 3.8) is 0 Å². The van der Waals surface area contributed by atoms with E-state index in [-0.39, 0.29) is 12.4 Å². The molecular weight excluding hydrogens is 326 g/mol. The van der Waals surface area contributed by atoms with Crippen molar-refractivity contribution in [2.45, 2.75) is 51.9 Å². The predicted molar refractivity (Wildman–Crippen MR) is 100 cm³/mol. The van der Waals surface area contributed by atoms with Gasteiger partial charge in [0.2, 0.25) is 0 Å². The van der Waals surface area contributed by atoms with Crippen LogP contribution in [0.5, 0.6) is 0 Å². The Bertz CT molecular complexity index is 446.